The van der Waals surface area contributed by atoms with Crippen LogP contribution in [-0.2, 0) is 14.3 Å². The number of aldehydes is 1. The van der Waals surface area contributed by atoms with Gasteiger partial charge < -0.3 is 25.2 Å². The zero-order chi connectivity index (χ0) is 12.7. The quantitative estimate of drug-likeness (QED) is 0.283. The fourth-order valence-corrected chi connectivity index (χ4v) is 0.860. The molecule has 4 N–H and O–H groups in total. The van der Waals surface area contributed by atoms with Crippen LogP contribution < -0.4 is 0 Å². The summed E-state index contributed by atoms with van der Waals surface area (Å²) < 4.78 is 11.0. The molecule has 0 heterocycles. The highest BCUT2D eigenvalue weighted by Crippen LogP contribution is 2.06. The molecule has 15 heavy (non-hydrogen) atoms. The molecule has 0 saturated carbocycles. The van der Waals surface area contributed by atoms with Crippen LogP contribution >= 0.6 is 0 Å². The molecule has 7 heteroatoms. The number of hydrogen-bond acceptors (Lipinski definition) is 7. The standard InChI is InChI=1S/C8H14O7/c1-4(11)15-6(3-10)8(14)7(13)5(12)2-9/h3,5-9,12-14H,2H2,1H3/t5-,6+,7-,8-/m1/s1/i1D. The van der Waals surface area contributed by atoms with Gasteiger partial charge >= 0.3 is 5.97 Å². The maximum atomic E-state index is 10.7. The third kappa shape index (κ3) is 4.34. The van der Waals surface area contributed by atoms with Gasteiger partial charge in [0.15, 0.2) is 12.4 Å². The van der Waals surface area contributed by atoms with Gasteiger partial charge in [-0.25, -0.2) is 0 Å². The Balaban J connectivity index is 4.45. The summed E-state index contributed by atoms with van der Waals surface area (Å²) >= 11 is 0. The van der Waals surface area contributed by atoms with E-state index in [9.17, 15) is 19.8 Å². The largest absolute Gasteiger partial charge is 0.452 e. The lowest BCUT2D eigenvalue weighted by Crippen LogP contribution is -2.47. The van der Waals surface area contributed by atoms with Crippen molar-refractivity contribution in [3.8, 4) is 0 Å². The Labute approximate surface area is 87.3 Å². The maximum Gasteiger partial charge on any atom is 0.303 e. The number of carbonyl (C=O) groups is 2. The molecule has 0 saturated heterocycles. The minimum absolute atomic E-state index is 0.0611. The molecule has 7 nitrogen and oxygen atoms in total. The van der Waals surface area contributed by atoms with Gasteiger partial charge in [0.05, 0.1) is 6.61 Å². The lowest BCUT2D eigenvalue weighted by atomic mass is 10.0. The second-order valence-corrected chi connectivity index (χ2v) is 2.82. The normalized spacial score (nSPS) is 19.6. The molecule has 0 radical (unpaired) electrons. The van der Waals surface area contributed by atoms with E-state index in [1.165, 1.54) is 0 Å². The highest BCUT2D eigenvalue weighted by Gasteiger charge is 2.32. The fraction of sp³-hybridized carbons (Fsp3) is 0.750. The first kappa shape index (κ1) is 12.1. The third-order valence-electron chi connectivity index (χ3n) is 1.67. The molecule has 88 valence electrons. The van der Waals surface area contributed by atoms with Crippen molar-refractivity contribution in [2.75, 3.05) is 6.61 Å². The SMILES string of the molecule is [2H]CC(=O)O[C@@H](C=O)[C@@H](O)[C@H](O)[C@H](O)CO. The van der Waals surface area contributed by atoms with E-state index in [1.807, 2.05) is 0 Å². The summed E-state index contributed by atoms with van der Waals surface area (Å²) in [5.74, 6) is -1.05. The van der Waals surface area contributed by atoms with Crippen molar-refractivity contribution < 1.29 is 36.1 Å². The molecule has 0 bridgehead atoms. The summed E-state index contributed by atoms with van der Waals surface area (Å²) in [5, 5.41) is 36.0. The number of rotatable bonds is 6. The maximum absolute atomic E-state index is 10.7. The van der Waals surface area contributed by atoms with Gasteiger partial charge in [0, 0.05) is 8.27 Å². The summed E-state index contributed by atoms with van der Waals surface area (Å²) in [6, 6.07) is 0. The van der Waals surface area contributed by atoms with Crippen LogP contribution in [0.3, 0.4) is 0 Å². The molecule has 0 aliphatic heterocycles. The van der Waals surface area contributed by atoms with Crippen LogP contribution in [0.2, 0.25) is 0 Å². The second kappa shape index (κ2) is 6.46. The highest BCUT2D eigenvalue weighted by atomic mass is 16.6. The number of carbonyl (C=O) groups excluding carboxylic acids is 2. The van der Waals surface area contributed by atoms with Crippen LogP contribution in [0.4, 0.5) is 0 Å². The van der Waals surface area contributed by atoms with Crippen LogP contribution in [0, 0.1) is 0 Å². The van der Waals surface area contributed by atoms with E-state index >= 15 is 0 Å². The number of hydrogen-bond donors (Lipinski definition) is 4. The smallest absolute Gasteiger partial charge is 0.303 e. The van der Waals surface area contributed by atoms with Crippen LogP contribution in [0.1, 0.15) is 8.27 Å². The molecule has 0 fully saturated rings. The van der Waals surface area contributed by atoms with E-state index in [0.29, 0.717) is 0 Å². The summed E-state index contributed by atoms with van der Waals surface area (Å²) in [6.07, 6.45) is -6.99. The van der Waals surface area contributed by atoms with Gasteiger partial charge in [-0.15, -0.1) is 0 Å². The van der Waals surface area contributed by atoms with Crippen molar-refractivity contribution in [1.82, 2.24) is 0 Å². The summed E-state index contributed by atoms with van der Waals surface area (Å²) in [6.45, 7) is -1.56. The van der Waals surface area contributed by atoms with Crippen LogP contribution in [0.5, 0.6) is 0 Å². The monoisotopic (exact) mass is 223 g/mol. The molecule has 0 unspecified atom stereocenters. The number of aliphatic hydroxyl groups excluding tert-OH is 4. The Morgan fingerprint density at radius 1 is 1.47 bits per heavy atom. The van der Waals surface area contributed by atoms with E-state index in [-0.39, 0.29) is 6.29 Å². The lowest BCUT2D eigenvalue weighted by Gasteiger charge is -2.24. The Kier molecular flexibility index (Phi) is 5.19. The van der Waals surface area contributed by atoms with Crippen LogP contribution in [0.15, 0.2) is 0 Å². The average molecular weight is 223 g/mol. The Morgan fingerprint density at radius 2 is 2.07 bits per heavy atom. The van der Waals surface area contributed by atoms with Gasteiger partial charge in [-0.1, -0.05) is 0 Å². The summed E-state index contributed by atoms with van der Waals surface area (Å²) in [5.41, 5.74) is 0. The molecule has 0 spiro atoms. The van der Waals surface area contributed by atoms with Crippen molar-refractivity contribution in [1.29, 1.82) is 0 Å². The molecule has 0 amide bonds. The van der Waals surface area contributed by atoms with Gasteiger partial charge in [-0.2, -0.15) is 0 Å². The molecule has 0 rings (SSSR count). The van der Waals surface area contributed by atoms with Crippen molar-refractivity contribution in [3.05, 3.63) is 0 Å². The van der Waals surface area contributed by atoms with Crippen molar-refractivity contribution in [3.63, 3.8) is 0 Å². The number of ether oxygens (including phenoxy) is 1. The third-order valence-corrected chi connectivity index (χ3v) is 1.67. The van der Waals surface area contributed by atoms with Crippen LogP contribution in [0.25, 0.3) is 0 Å². The molecular formula is C8H14O7. The lowest BCUT2D eigenvalue weighted by molar-refractivity contribution is -0.166. The predicted molar refractivity (Wildman–Crippen MR) is 46.7 cm³/mol. The first-order chi connectivity index (χ1) is 7.47. The minimum atomic E-state index is -1.87. The van der Waals surface area contributed by atoms with E-state index < -0.39 is 43.9 Å². The predicted octanol–water partition coefficient (Wildman–Crippen LogP) is -2.81. The second-order valence-electron chi connectivity index (χ2n) is 2.82. The zero-order valence-corrected chi connectivity index (χ0v) is 7.81. The number of esters is 1. The van der Waals surface area contributed by atoms with Crippen molar-refractivity contribution in [2.45, 2.75) is 31.3 Å². The van der Waals surface area contributed by atoms with E-state index in [2.05, 4.69) is 4.74 Å². The average Bonchev–Trinajstić information content (AvgIpc) is 2.32. The van der Waals surface area contributed by atoms with E-state index in [4.69, 9.17) is 11.6 Å². The van der Waals surface area contributed by atoms with Gasteiger partial charge in [0.1, 0.15) is 18.3 Å². The molecule has 0 aromatic carbocycles. The Morgan fingerprint density at radius 3 is 2.47 bits per heavy atom. The summed E-state index contributed by atoms with van der Waals surface area (Å²) in [7, 11) is 0. The van der Waals surface area contributed by atoms with Gasteiger partial charge in [-0.05, 0) is 0 Å². The van der Waals surface area contributed by atoms with Crippen molar-refractivity contribution in [2.24, 2.45) is 0 Å². The molecular weight excluding hydrogens is 208 g/mol. The van der Waals surface area contributed by atoms with Gasteiger partial charge in [-0.3, -0.25) is 9.59 Å². The van der Waals surface area contributed by atoms with Crippen LogP contribution in [-0.4, -0.2) is 63.7 Å². The van der Waals surface area contributed by atoms with Crippen molar-refractivity contribution >= 4 is 12.3 Å². The highest BCUT2D eigenvalue weighted by molar-refractivity contribution is 5.70. The Bertz CT molecular complexity index is 234. The molecule has 4 atom stereocenters. The first-order valence-corrected chi connectivity index (χ1v) is 4.07. The topological polar surface area (TPSA) is 124 Å². The first-order valence-electron chi connectivity index (χ1n) is 4.77. The number of aliphatic hydroxyl groups is 4. The Hall–Kier alpha value is -1.02. The minimum Gasteiger partial charge on any atom is -0.452 e. The fourth-order valence-electron chi connectivity index (χ4n) is 0.860. The molecule has 0 aliphatic carbocycles. The van der Waals surface area contributed by atoms with Gasteiger partial charge in [0.2, 0.25) is 0 Å². The van der Waals surface area contributed by atoms with E-state index in [1.54, 1.807) is 0 Å². The van der Waals surface area contributed by atoms with E-state index in [0.717, 1.165) is 0 Å². The summed E-state index contributed by atoms with van der Waals surface area (Å²) in [4.78, 5) is 21.1. The molecule has 0 aromatic heterocycles. The molecule has 0 aromatic rings. The molecule has 0 aliphatic rings. The van der Waals surface area contributed by atoms with Gasteiger partial charge in [0.25, 0.3) is 0 Å². The zero-order valence-electron chi connectivity index (χ0n) is 8.81.